The molecule has 0 unspecified atom stereocenters. The Balaban J connectivity index is 1.75. The van der Waals surface area contributed by atoms with Crippen LogP contribution in [0.25, 0.3) is 10.2 Å². The largest absolute Gasteiger partial charge is 0.443 e. The number of fused-ring (bicyclic) bond motifs is 1. The van der Waals surface area contributed by atoms with Crippen molar-refractivity contribution in [1.82, 2.24) is 14.6 Å². The monoisotopic (exact) mass is 462 g/mol. The molecular formula is C22H30N4O5S. The zero-order valence-corrected chi connectivity index (χ0v) is 20.0. The molecule has 0 bridgehead atoms. The number of aromatic nitrogens is 2. The Morgan fingerprint density at radius 3 is 2.69 bits per heavy atom. The highest BCUT2D eigenvalue weighted by Crippen LogP contribution is 2.41. The Bertz CT molecular complexity index is 1190. The summed E-state index contributed by atoms with van der Waals surface area (Å²) in [6.45, 7) is 10.2. The number of ether oxygens (including phenoxy) is 2. The van der Waals surface area contributed by atoms with Gasteiger partial charge in [-0.1, -0.05) is 0 Å². The number of hydrogen-bond donors (Lipinski definition) is 1. The van der Waals surface area contributed by atoms with E-state index in [1.807, 2.05) is 13.8 Å². The van der Waals surface area contributed by atoms with Gasteiger partial charge in [0.15, 0.2) is 0 Å². The normalized spacial score (nSPS) is 20.2. The maximum atomic E-state index is 13.4. The van der Waals surface area contributed by atoms with Crippen LogP contribution in [0.1, 0.15) is 63.8 Å². The lowest BCUT2D eigenvalue weighted by atomic mass is 10.2. The summed E-state index contributed by atoms with van der Waals surface area (Å²) >= 11 is 1.32. The molecule has 1 atom stereocenters. The fraction of sp³-hybridized carbons (Fsp3) is 0.636. The van der Waals surface area contributed by atoms with E-state index < -0.39 is 17.2 Å². The second-order valence-electron chi connectivity index (χ2n) is 9.81. The lowest BCUT2D eigenvalue weighted by molar-refractivity contribution is 0.0529. The summed E-state index contributed by atoms with van der Waals surface area (Å²) in [6.07, 6.45) is 4.28. The fourth-order valence-corrected chi connectivity index (χ4v) is 5.14. The van der Waals surface area contributed by atoms with E-state index in [2.05, 4.69) is 10.5 Å². The summed E-state index contributed by atoms with van der Waals surface area (Å²) in [5, 5.41) is 4.52. The van der Waals surface area contributed by atoms with Crippen molar-refractivity contribution >= 4 is 33.9 Å². The van der Waals surface area contributed by atoms with Crippen molar-refractivity contribution in [3.05, 3.63) is 31.3 Å². The summed E-state index contributed by atoms with van der Waals surface area (Å²) in [5.74, 6) is 0. The molecule has 1 amide bonds. The van der Waals surface area contributed by atoms with Crippen LogP contribution in [0.4, 0.5) is 4.79 Å². The molecule has 2 fully saturated rings. The number of amides is 1. The van der Waals surface area contributed by atoms with Crippen molar-refractivity contribution in [2.75, 3.05) is 6.61 Å². The number of rotatable bonds is 5. The van der Waals surface area contributed by atoms with Crippen LogP contribution in [0.3, 0.4) is 0 Å². The molecule has 4 rings (SSSR count). The average molecular weight is 463 g/mol. The van der Waals surface area contributed by atoms with Gasteiger partial charge in [0.2, 0.25) is 0 Å². The summed E-state index contributed by atoms with van der Waals surface area (Å²) in [6, 6.07) is 0. The number of nitrogens with zero attached hydrogens (tertiary/aromatic N) is 3. The predicted molar refractivity (Wildman–Crippen MR) is 124 cm³/mol. The number of hydrogen-bond acceptors (Lipinski definition) is 7. The van der Waals surface area contributed by atoms with Gasteiger partial charge in [0.1, 0.15) is 10.4 Å². The molecule has 0 aromatic carbocycles. The second-order valence-corrected chi connectivity index (χ2v) is 10.8. The van der Waals surface area contributed by atoms with E-state index >= 15 is 0 Å². The molecular weight excluding hydrogens is 432 g/mol. The first-order valence-electron chi connectivity index (χ1n) is 10.9. The number of thiophene rings is 1. The molecule has 2 aliphatic rings. The fourth-order valence-electron chi connectivity index (χ4n) is 3.96. The molecule has 1 aliphatic carbocycles. The van der Waals surface area contributed by atoms with Crippen LogP contribution in [0, 0.1) is 6.92 Å². The van der Waals surface area contributed by atoms with Crippen LogP contribution in [-0.4, -0.2) is 39.8 Å². The minimum Gasteiger partial charge on any atom is -0.443 e. The minimum atomic E-state index is -0.660. The van der Waals surface area contributed by atoms with Crippen molar-refractivity contribution in [2.45, 2.75) is 84.1 Å². The van der Waals surface area contributed by atoms with Gasteiger partial charge in [0.25, 0.3) is 5.56 Å². The Kier molecular flexibility index (Phi) is 5.79. The topological polar surface area (TPSA) is 104 Å². The molecule has 9 nitrogen and oxygen atoms in total. The third-order valence-electron chi connectivity index (χ3n) is 5.91. The molecule has 2 aromatic heterocycles. The number of aryl methyl sites for hydroxylation is 1. The number of nitrogens with one attached hydrogen (secondary N) is 1. The average Bonchev–Trinajstić information content (AvgIpc) is 3.09. The van der Waals surface area contributed by atoms with Crippen LogP contribution in [0.5, 0.6) is 0 Å². The molecule has 32 heavy (non-hydrogen) atoms. The van der Waals surface area contributed by atoms with Crippen LogP contribution in [-0.2, 0) is 21.6 Å². The van der Waals surface area contributed by atoms with Crippen molar-refractivity contribution in [2.24, 2.45) is 5.10 Å². The van der Waals surface area contributed by atoms with Gasteiger partial charge in [0.05, 0.1) is 34.7 Å². The quantitative estimate of drug-likeness (QED) is 0.543. The van der Waals surface area contributed by atoms with Gasteiger partial charge in [-0.05, 0) is 65.9 Å². The van der Waals surface area contributed by atoms with Gasteiger partial charge in [-0.15, -0.1) is 11.3 Å². The lowest BCUT2D eigenvalue weighted by Crippen LogP contribution is -2.45. The van der Waals surface area contributed by atoms with Crippen LogP contribution in [0.15, 0.2) is 14.7 Å². The smallest absolute Gasteiger partial charge is 0.428 e. The summed E-state index contributed by atoms with van der Waals surface area (Å²) < 4.78 is 14.1. The third kappa shape index (κ3) is 4.38. The van der Waals surface area contributed by atoms with Crippen molar-refractivity contribution in [3.8, 4) is 0 Å². The van der Waals surface area contributed by atoms with Crippen LogP contribution >= 0.6 is 11.3 Å². The highest BCUT2D eigenvalue weighted by Gasteiger charge is 2.43. The van der Waals surface area contributed by atoms with Crippen molar-refractivity contribution in [3.63, 3.8) is 0 Å². The SMILES string of the molecule is Cc1c(C=NNC(=O)OC(C)(C)C)sc2c1c(=O)n(C1(C)CC1)c(=O)n2C[C@@H]1CCCO1. The molecule has 174 valence electrons. The molecule has 1 N–H and O–H groups in total. The molecule has 1 saturated carbocycles. The van der Waals surface area contributed by atoms with Crippen LogP contribution < -0.4 is 16.7 Å². The van der Waals surface area contributed by atoms with Crippen molar-refractivity contribution < 1.29 is 14.3 Å². The highest BCUT2D eigenvalue weighted by molar-refractivity contribution is 7.20. The Morgan fingerprint density at radius 2 is 2.09 bits per heavy atom. The van der Waals surface area contributed by atoms with Gasteiger partial charge < -0.3 is 9.47 Å². The first-order chi connectivity index (χ1) is 15.0. The zero-order chi connectivity index (χ0) is 23.3. The zero-order valence-electron chi connectivity index (χ0n) is 19.2. The first kappa shape index (κ1) is 22.7. The molecule has 0 radical (unpaired) electrons. The van der Waals surface area contributed by atoms with Gasteiger partial charge >= 0.3 is 11.8 Å². The number of carbonyl (C=O) groups is 1. The minimum absolute atomic E-state index is 0.0396. The van der Waals surface area contributed by atoms with Gasteiger partial charge in [0, 0.05) is 6.61 Å². The van der Waals surface area contributed by atoms with E-state index in [9.17, 15) is 14.4 Å². The number of hydrazone groups is 1. The highest BCUT2D eigenvalue weighted by atomic mass is 32.1. The first-order valence-corrected chi connectivity index (χ1v) is 11.7. The molecule has 1 aliphatic heterocycles. The van der Waals surface area contributed by atoms with E-state index in [0.29, 0.717) is 28.2 Å². The molecule has 2 aromatic rings. The molecule has 10 heteroatoms. The lowest BCUT2D eigenvalue weighted by Gasteiger charge is -2.18. The summed E-state index contributed by atoms with van der Waals surface area (Å²) in [7, 11) is 0. The molecule has 0 spiro atoms. The Morgan fingerprint density at radius 1 is 1.38 bits per heavy atom. The Hall–Kier alpha value is -2.46. The van der Waals surface area contributed by atoms with Gasteiger partial charge in [-0.25, -0.2) is 15.0 Å². The van der Waals surface area contributed by atoms with E-state index in [4.69, 9.17) is 9.47 Å². The van der Waals surface area contributed by atoms with Crippen LogP contribution in [0.2, 0.25) is 0 Å². The van der Waals surface area contributed by atoms with E-state index in [1.54, 1.807) is 25.3 Å². The predicted octanol–water partition coefficient (Wildman–Crippen LogP) is 3.08. The molecule has 3 heterocycles. The summed E-state index contributed by atoms with van der Waals surface area (Å²) in [5.41, 5.74) is 1.48. The molecule has 1 saturated heterocycles. The van der Waals surface area contributed by atoms with E-state index in [1.165, 1.54) is 22.1 Å². The maximum Gasteiger partial charge on any atom is 0.428 e. The standard InChI is InChI=1S/C22H30N4O5S/c1-13-15(11-23-24-19(28)31-21(2,3)4)32-18-16(13)17(27)26(22(5)8-9-22)20(29)25(18)12-14-7-6-10-30-14/h11,14H,6-10,12H2,1-5H3,(H,24,28)/t14-/m0/s1. The van der Waals surface area contributed by atoms with E-state index in [-0.39, 0.29) is 17.4 Å². The summed E-state index contributed by atoms with van der Waals surface area (Å²) in [4.78, 5) is 40.0. The number of carbonyl (C=O) groups excluding carboxylic acids is 1. The van der Waals surface area contributed by atoms with Crippen molar-refractivity contribution in [1.29, 1.82) is 0 Å². The van der Waals surface area contributed by atoms with Gasteiger partial charge in [-0.2, -0.15) is 5.10 Å². The van der Waals surface area contributed by atoms with Gasteiger partial charge in [-0.3, -0.25) is 13.9 Å². The second kappa shape index (κ2) is 8.15. The maximum absolute atomic E-state index is 13.4. The Labute approximate surface area is 190 Å². The third-order valence-corrected chi connectivity index (χ3v) is 7.16. The van der Waals surface area contributed by atoms with E-state index in [0.717, 1.165) is 31.2 Å².